The summed E-state index contributed by atoms with van der Waals surface area (Å²) >= 11 is 0. The van der Waals surface area contributed by atoms with E-state index in [-0.39, 0.29) is 17.4 Å². The first-order valence-corrected chi connectivity index (χ1v) is 10.7. The van der Waals surface area contributed by atoms with Crippen LogP contribution in [0, 0.1) is 5.92 Å². The SMILES string of the molecule is CC(NC(=O)c1cccc2c1C(=O)N(c1ccccc1)C2)C(=O)N1CCC(C(=O)O)CC1. The average Bonchev–Trinajstić information content (AvgIpc) is 3.15. The summed E-state index contributed by atoms with van der Waals surface area (Å²) in [5.74, 6) is -2.26. The van der Waals surface area contributed by atoms with E-state index in [2.05, 4.69) is 5.32 Å². The number of carbonyl (C=O) groups is 4. The Labute approximate surface area is 185 Å². The van der Waals surface area contributed by atoms with Gasteiger partial charge in [0.25, 0.3) is 11.8 Å². The third-order valence-electron chi connectivity index (χ3n) is 6.12. The Bertz CT molecular complexity index is 1060. The Morgan fingerprint density at radius 3 is 2.38 bits per heavy atom. The van der Waals surface area contributed by atoms with Crippen LogP contribution in [0.1, 0.15) is 46.0 Å². The predicted molar refractivity (Wildman–Crippen MR) is 117 cm³/mol. The molecular weight excluding hydrogens is 410 g/mol. The monoisotopic (exact) mass is 435 g/mol. The number of carbonyl (C=O) groups excluding carboxylic acids is 3. The lowest BCUT2D eigenvalue weighted by molar-refractivity contribution is -0.146. The molecule has 0 bridgehead atoms. The van der Waals surface area contributed by atoms with Crippen molar-refractivity contribution in [3.63, 3.8) is 0 Å². The van der Waals surface area contributed by atoms with Crippen LogP contribution in [-0.2, 0) is 16.1 Å². The molecule has 0 radical (unpaired) electrons. The topological polar surface area (TPSA) is 107 Å². The maximum atomic E-state index is 13.1. The van der Waals surface area contributed by atoms with E-state index in [1.54, 1.807) is 28.9 Å². The molecule has 166 valence electrons. The third kappa shape index (κ3) is 4.08. The molecule has 3 amide bonds. The molecule has 2 heterocycles. The van der Waals surface area contributed by atoms with Crippen molar-refractivity contribution in [1.82, 2.24) is 10.2 Å². The molecular formula is C24H25N3O5. The molecule has 0 spiro atoms. The fraction of sp³-hybridized carbons (Fsp3) is 0.333. The van der Waals surface area contributed by atoms with E-state index in [0.29, 0.717) is 38.0 Å². The fourth-order valence-electron chi connectivity index (χ4n) is 4.32. The Hall–Kier alpha value is -3.68. The second kappa shape index (κ2) is 8.82. The summed E-state index contributed by atoms with van der Waals surface area (Å²) in [7, 11) is 0. The summed E-state index contributed by atoms with van der Waals surface area (Å²) in [6.07, 6.45) is 0.801. The zero-order valence-corrected chi connectivity index (χ0v) is 17.8. The smallest absolute Gasteiger partial charge is 0.306 e. The van der Waals surface area contributed by atoms with Crippen molar-refractivity contribution in [2.45, 2.75) is 32.4 Å². The number of hydrogen-bond acceptors (Lipinski definition) is 4. The molecule has 0 saturated carbocycles. The molecule has 2 N–H and O–H groups in total. The molecule has 2 aromatic rings. The molecule has 2 aliphatic rings. The number of nitrogens with one attached hydrogen (secondary N) is 1. The first-order chi connectivity index (χ1) is 15.4. The first kappa shape index (κ1) is 21.5. The van der Waals surface area contributed by atoms with Crippen LogP contribution in [0.25, 0.3) is 0 Å². The predicted octanol–water partition coefficient (Wildman–Crippen LogP) is 2.29. The number of hydrogen-bond donors (Lipinski definition) is 2. The highest BCUT2D eigenvalue weighted by Crippen LogP contribution is 2.30. The molecule has 1 atom stereocenters. The van der Waals surface area contributed by atoms with Gasteiger partial charge in [0.2, 0.25) is 5.91 Å². The Morgan fingerprint density at radius 1 is 1.03 bits per heavy atom. The van der Waals surface area contributed by atoms with Crippen LogP contribution in [0.5, 0.6) is 0 Å². The highest BCUT2D eigenvalue weighted by molar-refractivity contribution is 6.16. The number of benzene rings is 2. The number of piperidine rings is 1. The summed E-state index contributed by atoms with van der Waals surface area (Å²) in [6, 6.07) is 13.6. The Kier molecular flexibility index (Phi) is 5.94. The van der Waals surface area contributed by atoms with E-state index in [1.807, 2.05) is 36.4 Å². The normalized spacial score (nSPS) is 17.1. The van der Waals surface area contributed by atoms with Crippen molar-refractivity contribution in [2.24, 2.45) is 5.92 Å². The molecule has 2 aliphatic heterocycles. The molecule has 0 aliphatic carbocycles. The second-order valence-electron chi connectivity index (χ2n) is 8.20. The van der Waals surface area contributed by atoms with Gasteiger partial charge in [-0.1, -0.05) is 30.3 Å². The van der Waals surface area contributed by atoms with Gasteiger partial charge in [-0.25, -0.2) is 0 Å². The number of amides is 3. The highest BCUT2D eigenvalue weighted by Gasteiger charge is 2.34. The van der Waals surface area contributed by atoms with Crippen LogP contribution in [0.4, 0.5) is 5.69 Å². The standard InChI is InChI=1S/C24H25N3O5/c1-15(22(29)26-12-10-16(11-13-26)24(31)32)25-21(28)19-9-5-6-17-14-27(23(30)20(17)19)18-7-3-2-4-8-18/h2-9,15-16H,10-14H2,1H3,(H,25,28)(H,31,32). The number of para-hydroxylation sites is 1. The number of rotatable bonds is 5. The maximum Gasteiger partial charge on any atom is 0.306 e. The largest absolute Gasteiger partial charge is 0.481 e. The quantitative estimate of drug-likeness (QED) is 0.749. The van der Waals surface area contributed by atoms with Crippen molar-refractivity contribution in [1.29, 1.82) is 0 Å². The van der Waals surface area contributed by atoms with Crippen LogP contribution in [0.15, 0.2) is 48.5 Å². The van der Waals surface area contributed by atoms with Gasteiger partial charge in [0.15, 0.2) is 0 Å². The summed E-state index contributed by atoms with van der Waals surface area (Å²) in [6.45, 7) is 2.68. The Balaban J connectivity index is 1.45. The Morgan fingerprint density at radius 2 is 1.72 bits per heavy atom. The van der Waals surface area contributed by atoms with Gasteiger partial charge in [-0.3, -0.25) is 19.2 Å². The van der Waals surface area contributed by atoms with Crippen LogP contribution in [-0.4, -0.2) is 52.8 Å². The molecule has 0 aromatic heterocycles. The number of anilines is 1. The molecule has 8 nitrogen and oxygen atoms in total. The lowest BCUT2D eigenvalue weighted by atomic mass is 9.96. The highest BCUT2D eigenvalue weighted by atomic mass is 16.4. The number of carboxylic acid groups (broad SMARTS) is 1. The fourth-order valence-corrected chi connectivity index (χ4v) is 4.32. The van der Waals surface area contributed by atoms with Gasteiger partial charge in [0.05, 0.1) is 23.6 Å². The molecule has 32 heavy (non-hydrogen) atoms. The van der Waals surface area contributed by atoms with Gasteiger partial charge >= 0.3 is 5.97 Å². The van der Waals surface area contributed by atoms with Gasteiger partial charge in [0, 0.05) is 18.8 Å². The van der Waals surface area contributed by atoms with Crippen molar-refractivity contribution in [3.8, 4) is 0 Å². The van der Waals surface area contributed by atoms with E-state index in [0.717, 1.165) is 11.3 Å². The van der Waals surface area contributed by atoms with Crippen LogP contribution in [0.3, 0.4) is 0 Å². The minimum Gasteiger partial charge on any atom is -0.481 e. The summed E-state index contributed by atoms with van der Waals surface area (Å²) in [5.41, 5.74) is 2.13. The van der Waals surface area contributed by atoms with Crippen molar-refractivity contribution in [3.05, 3.63) is 65.2 Å². The van der Waals surface area contributed by atoms with E-state index in [9.17, 15) is 19.2 Å². The van der Waals surface area contributed by atoms with Gasteiger partial charge in [0.1, 0.15) is 6.04 Å². The minimum absolute atomic E-state index is 0.244. The molecule has 1 unspecified atom stereocenters. The number of aliphatic carboxylic acids is 1. The van der Waals surface area contributed by atoms with Gasteiger partial charge in [-0.05, 0) is 43.5 Å². The summed E-state index contributed by atoms with van der Waals surface area (Å²) < 4.78 is 0. The van der Waals surface area contributed by atoms with Crippen LogP contribution >= 0.6 is 0 Å². The zero-order valence-electron chi connectivity index (χ0n) is 17.8. The number of likely N-dealkylation sites (tertiary alicyclic amines) is 1. The summed E-state index contributed by atoms with van der Waals surface area (Å²) in [5, 5.41) is 11.8. The maximum absolute atomic E-state index is 13.1. The van der Waals surface area contributed by atoms with Crippen molar-refractivity contribution >= 4 is 29.4 Å². The van der Waals surface area contributed by atoms with Gasteiger partial charge < -0.3 is 20.2 Å². The number of carboxylic acids is 1. The molecule has 2 aromatic carbocycles. The minimum atomic E-state index is -0.842. The lowest BCUT2D eigenvalue weighted by Gasteiger charge is -2.32. The van der Waals surface area contributed by atoms with Crippen molar-refractivity contribution in [2.75, 3.05) is 18.0 Å². The van der Waals surface area contributed by atoms with Gasteiger partial charge in [-0.15, -0.1) is 0 Å². The lowest BCUT2D eigenvalue weighted by Crippen LogP contribution is -2.50. The average molecular weight is 435 g/mol. The van der Waals surface area contributed by atoms with Gasteiger partial charge in [-0.2, -0.15) is 0 Å². The number of fused-ring (bicyclic) bond motifs is 1. The van der Waals surface area contributed by atoms with E-state index < -0.39 is 23.8 Å². The zero-order chi connectivity index (χ0) is 22.8. The van der Waals surface area contributed by atoms with Crippen LogP contribution in [0.2, 0.25) is 0 Å². The van der Waals surface area contributed by atoms with E-state index >= 15 is 0 Å². The second-order valence-corrected chi connectivity index (χ2v) is 8.20. The van der Waals surface area contributed by atoms with Crippen molar-refractivity contribution < 1.29 is 24.3 Å². The van der Waals surface area contributed by atoms with E-state index in [1.165, 1.54) is 0 Å². The number of nitrogens with zero attached hydrogens (tertiary/aromatic N) is 2. The molecule has 1 fully saturated rings. The van der Waals surface area contributed by atoms with E-state index in [4.69, 9.17) is 5.11 Å². The van der Waals surface area contributed by atoms with Crippen LogP contribution < -0.4 is 10.2 Å². The third-order valence-corrected chi connectivity index (χ3v) is 6.12. The first-order valence-electron chi connectivity index (χ1n) is 10.7. The molecule has 8 heteroatoms. The molecule has 1 saturated heterocycles. The summed E-state index contributed by atoms with van der Waals surface area (Å²) in [4.78, 5) is 53.2. The molecule has 4 rings (SSSR count).